The first-order chi connectivity index (χ1) is 18.1. The van der Waals surface area contributed by atoms with Crippen LogP contribution in [0.25, 0.3) is 17.1 Å². The molecule has 0 bridgehead atoms. The largest absolute Gasteiger partial charge is 0.491 e. The molecule has 0 spiro atoms. The van der Waals surface area contributed by atoms with E-state index in [4.69, 9.17) is 4.74 Å². The van der Waals surface area contributed by atoms with Crippen molar-refractivity contribution in [2.24, 2.45) is 0 Å². The Bertz CT molecular complexity index is 1500. The molecule has 0 saturated heterocycles. The van der Waals surface area contributed by atoms with Gasteiger partial charge < -0.3 is 15.2 Å². The lowest BCUT2D eigenvalue weighted by Crippen LogP contribution is -2.38. The van der Waals surface area contributed by atoms with E-state index in [1.165, 1.54) is 49.0 Å². The molecule has 9 nitrogen and oxygen atoms in total. The molecule has 2 aromatic heterocycles. The summed E-state index contributed by atoms with van der Waals surface area (Å²) in [5, 5.41) is 16.7. The Morgan fingerprint density at radius 3 is 2.58 bits per heavy atom. The second-order valence-electron chi connectivity index (χ2n) is 9.28. The highest BCUT2D eigenvalue weighted by atomic mass is 19.1. The van der Waals surface area contributed by atoms with Crippen molar-refractivity contribution in [2.45, 2.75) is 32.8 Å². The molecule has 0 atom stereocenters. The number of aliphatic hydroxyl groups is 1. The summed E-state index contributed by atoms with van der Waals surface area (Å²) in [5.74, 6) is -0.279. The molecule has 4 rings (SSSR count). The van der Waals surface area contributed by atoms with Crippen LogP contribution in [0.15, 0.2) is 71.9 Å². The molecule has 0 aliphatic rings. The Balaban J connectivity index is 1.54. The van der Waals surface area contributed by atoms with Gasteiger partial charge in [-0.3, -0.25) is 9.59 Å². The predicted octanol–water partition coefficient (Wildman–Crippen LogP) is 3.32. The van der Waals surface area contributed by atoms with Crippen LogP contribution in [0.2, 0.25) is 0 Å². The van der Waals surface area contributed by atoms with Gasteiger partial charge in [0, 0.05) is 36.9 Å². The van der Waals surface area contributed by atoms with Gasteiger partial charge in [0.25, 0.3) is 5.91 Å². The van der Waals surface area contributed by atoms with Crippen LogP contribution < -0.4 is 15.5 Å². The second kappa shape index (κ2) is 11.3. The SMILES string of the molecule is CCOc1cnc(-c2cccc(Cc3nn(-c4ccc(C(=O)NCC(C)(C)O)c(F)c4)ccc3=O)c2)nc1. The topological polar surface area (TPSA) is 119 Å². The van der Waals surface area contributed by atoms with Crippen molar-refractivity contribution in [1.29, 1.82) is 0 Å². The van der Waals surface area contributed by atoms with Crippen molar-refractivity contribution in [2.75, 3.05) is 13.2 Å². The van der Waals surface area contributed by atoms with E-state index in [1.807, 2.05) is 31.2 Å². The van der Waals surface area contributed by atoms with Gasteiger partial charge in [0.2, 0.25) is 5.43 Å². The highest BCUT2D eigenvalue weighted by Gasteiger charge is 2.18. The Kier molecular flexibility index (Phi) is 7.92. The molecule has 38 heavy (non-hydrogen) atoms. The van der Waals surface area contributed by atoms with Gasteiger partial charge >= 0.3 is 0 Å². The van der Waals surface area contributed by atoms with Crippen LogP contribution in [0.5, 0.6) is 5.75 Å². The highest BCUT2D eigenvalue weighted by Crippen LogP contribution is 2.19. The summed E-state index contributed by atoms with van der Waals surface area (Å²) < 4.78 is 21.5. The normalized spacial score (nSPS) is 11.3. The number of ether oxygens (including phenoxy) is 1. The fourth-order valence-electron chi connectivity index (χ4n) is 3.66. The Labute approximate surface area is 219 Å². The van der Waals surface area contributed by atoms with Crippen LogP contribution in [0.3, 0.4) is 0 Å². The molecule has 2 aromatic carbocycles. The number of nitrogens with one attached hydrogen (secondary N) is 1. The second-order valence-corrected chi connectivity index (χ2v) is 9.28. The minimum atomic E-state index is -1.12. The van der Waals surface area contributed by atoms with Crippen LogP contribution >= 0.6 is 0 Å². The quantitative estimate of drug-likeness (QED) is 0.350. The summed E-state index contributed by atoms with van der Waals surface area (Å²) in [6.45, 7) is 5.46. The minimum absolute atomic E-state index is 0.0242. The van der Waals surface area contributed by atoms with Crippen molar-refractivity contribution in [3.8, 4) is 22.8 Å². The fourth-order valence-corrected chi connectivity index (χ4v) is 3.66. The number of amides is 1. The van der Waals surface area contributed by atoms with Crippen LogP contribution in [-0.4, -0.2) is 49.5 Å². The minimum Gasteiger partial charge on any atom is -0.491 e. The van der Waals surface area contributed by atoms with E-state index < -0.39 is 17.3 Å². The van der Waals surface area contributed by atoms with Crippen molar-refractivity contribution in [3.63, 3.8) is 0 Å². The van der Waals surface area contributed by atoms with E-state index in [0.717, 1.165) is 11.1 Å². The van der Waals surface area contributed by atoms with Crippen molar-refractivity contribution < 1.29 is 19.0 Å². The molecule has 10 heteroatoms. The Morgan fingerprint density at radius 1 is 1.13 bits per heavy atom. The first-order valence-electron chi connectivity index (χ1n) is 12.1. The zero-order chi connectivity index (χ0) is 27.3. The average molecular weight is 518 g/mol. The van der Waals surface area contributed by atoms with E-state index in [-0.39, 0.29) is 29.7 Å². The monoisotopic (exact) mass is 517 g/mol. The van der Waals surface area contributed by atoms with Crippen LogP contribution in [-0.2, 0) is 6.42 Å². The smallest absolute Gasteiger partial charge is 0.254 e. The Morgan fingerprint density at radius 2 is 1.89 bits per heavy atom. The number of carbonyl (C=O) groups excluding carboxylic acids is 1. The van der Waals surface area contributed by atoms with Crippen molar-refractivity contribution >= 4 is 5.91 Å². The highest BCUT2D eigenvalue weighted by molar-refractivity contribution is 5.94. The maximum absolute atomic E-state index is 14.8. The van der Waals surface area contributed by atoms with Crippen LogP contribution in [0.4, 0.5) is 4.39 Å². The molecule has 0 radical (unpaired) electrons. The van der Waals surface area contributed by atoms with Gasteiger partial charge in [-0.15, -0.1) is 0 Å². The molecule has 0 aliphatic heterocycles. The van der Waals surface area contributed by atoms with Gasteiger partial charge in [-0.1, -0.05) is 18.2 Å². The average Bonchev–Trinajstić information content (AvgIpc) is 2.89. The third kappa shape index (κ3) is 6.65. The summed E-state index contributed by atoms with van der Waals surface area (Å²) in [4.78, 5) is 33.5. The van der Waals surface area contributed by atoms with E-state index >= 15 is 0 Å². The van der Waals surface area contributed by atoms with Gasteiger partial charge in [-0.05, 0) is 44.5 Å². The summed E-state index contributed by atoms with van der Waals surface area (Å²) in [7, 11) is 0. The fraction of sp³-hybridized carbons (Fsp3) is 0.250. The van der Waals surface area contributed by atoms with Crippen LogP contribution in [0.1, 0.15) is 42.4 Å². The zero-order valence-corrected chi connectivity index (χ0v) is 21.3. The third-order valence-corrected chi connectivity index (χ3v) is 5.52. The number of hydrogen-bond donors (Lipinski definition) is 2. The summed E-state index contributed by atoms with van der Waals surface area (Å²) in [5.41, 5.74) is 0.682. The number of hydrogen-bond acceptors (Lipinski definition) is 7. The predicted molar refractivity (Wildman–Crippen MR) is 140 cm³/mol. The number of benzene rings is 2. The standard InChI is InChI=1S/C28H28FN5O4/c1-4-38-21-15-30-26(31-16-21)19-7-5-6-18(12-19)13-24-25(35)10-11-34(33-24)20-8-9-22(23(29)14-20)27(36)32-17-28(2,3)37/h5-12,14-16,37H,4,13,17H2,1-3H3,(H,32,36). The lowest BCUT2D eigenvalue weighted by Gasteiger charge is -2.17. The van der Waals surface area contributed by atoms with E-state index in [2.05, 4.69) is 20.4 Å². The third-order valence-electron chi connectivity index (χ3n) is 5.52. The summed E-state index contributed by atoms with van der Waals surface area (Å²) in [6, 6.07) is 12.9. The molecule has 0 aliphatic carbocycles. The van der Waals surface area contributed by atoms with Gasteiger partial charge in [0.15, 0.2) is 11.6 Å². The lowest BCUT2D eigenvalue weighted by molar-refractivity contribution is 0.0692. The molecule has 0 unspecified atom stereocenters. The zero-order valence-electron chi connectivity index (χ0n) is 21.3. The molecule has 0 saturated carbocycles. The van der Waals surface area contributed by atoms with E-state index in [9.17, 15) is 19.1 Å². The van der Waals surface area contributed by atoms with Gasteiger partial charge in [0.1, 0.15) is 11.5 Å². The number of nitrogens with zero attached hydrogens (tertiary/aromatic N) is 4. The van der Waals surface area contributed by atoms with Crippen molar-refractivity contribution in [3.05, 3.63) is 100.0 Å². The molecule has 196 valence electrons. The first-order valence-corrected chi connectivity index (χ1v) is 12.1. The molecule has 2 N–H and O–H groups in total. The molecule has 0 fully saturated rings. The number of carbonyl (C=O) groups is 1. The summed E-state index contributed by atoms with van der Waals surface area (Å²) >= 11 is 0. The van der Waals surface area contributed by atoms with Crippen molar-refractivity contribution in [1.82, 2.24) is 25.1 Å². The maximum Gasteiger partial charge on any atom is 0.254 e. The molecular formula is C28H28FN5O4. The Hall–Kier alpha value is -4.44. The van der Waals surface area contributed by atoms with E-state index in [0.29, 0.717) is 23.9 Å². The molecular weight excluding hydrogens is 489 g/mol. The first kappa shape index (κ1) is 26.6. The number of aromatic nitrogens is 4. The molecule has 1 amide bonds. The number of halogens is 1. The van der Waals surface area contributed by atoms with E-state index in [1.54, 1.807) is 12.4 Å². The lowest BCUT2D eigenvalue weighted by atomic mass is 10.1. The summed E-state index contributed by atoms with van der Waals surface area (Å²) in [6.07, 6.45) is 4.90. The van der Waals surface area contributed by atoms with Gasteiger partial charge in [-0.25, -0.2) is 19.0 Å². The molecule has 4 aromatic rings. The van der Waals surface area contributed by atoms with Crippen LogP contribution in [0, 0.1) is 5.82 Å². The van der Waals surface area contributed by atoms with Gasteiger partial charge in [-0.2, -0.15) is 5.10 Å². The number of rotatable bonds is 9. The van der Waals surface area contributed by atoms with Gasteiger partial charge in [0.05, 0.1) is 35.9 Å². The molecule has 2 heterocycles. The maximum atomic E-state index is 14.8.